The number of carbonyl (C=O) groups is 3. The zero-order valence-electron chi connectivity index (χ0n) is 19.9. The molecule has 188 valence electrons. The molecule has 12 nitrogen and oxygen atoms in total. The van der Waals surface area contributed by atoms with Crippen LogP contribution in [0.1, 0.15) is 38.5 Å². The Balaban J connectivity index is 1.63. The van der Waals surface area contributed by atoms with Gasteiger partial charge in [0.2, 0.25) is 18.2 Å². The van der Waals surface area contributed by atoms with E-state index in [1.165, 1.54) is 11.2 Å². The molecule has 3 rings (SSSR count). The van der Waals surface area contributed by atoms with Crippen LogP contribution >= 0.6 is 0 Å². The number of ether oxygens (including phenoxy) is 1. The van der Waals surface area contributed by atoms with Gasteiger partial charge in [-0.1, -0.05) is 25.7 Å². The lowest BCUT2D eigenvalue weighted by atomic mass is 9.92. The van der Waals surface area contributed by atoms with Crippen LogP contribution in [0.5, 0.6) is 6.01 Å². The van der Waals surface area contributed by atoms with Gasteiger partial charge in [0.15, 0.2) is 0 Å². The fourth-order valence-electron chi connectivity index (χ4n) is 4.42. The second-order valence-electron chi connectivity index (χ2n) is 9.10. The molecule has 2 atom stereocenters. The van der Waals surface area contributed by atoms with E-state index in [1.807, 2.05) is 19.0 Å². The third-order valence-electron chi connectivity index (χ3n) is 6.18. The summed E-state index contributed by atoms with van der Waals surface area (Å²) in [7, 11) is 3.86. The van der Waals surface area contributed by atoms with Gasteiger partial charge in [-0.05, 0) is 38.9 Å². The van der Waals surface area contributed by atoms with E-state index < -0.39 is 12.0 Å². The standard InChI is InChI=1S/C22H35N7O5/c1-27(2)11-12-34-22-23-9-8-19(26-22)25-20(31)18-7-10-24-29(18)21(32)17(14-28(33)15-30)13-16-5-3-4-6-16/h8-9,15-18,24,33H,3-7,10-14H2,1-2H3,(H,23,25,26,31)/t17?,18-/m0/s1. The van der Waals surface area contributed by atoms with E-state index in [0.717, 1.165) is 25.7 Å². The predicted octanol–water partition coefficient (Wildman–Crippen LogP) is 0.505. The highest BCUT2D eigenvalue weighted by Crippen LogP contribution is 2.31. The summed E-state index contributed by atoms with van der Waals surface area (Å²) in [6.07, 6.45) is 7.09. The second-order valence-corrected chi connectivity index (χ2v) is 9.10. The topological polar surface area (TPSA) is 140 Å². The lowest BCUT2D eigenvalue weighted by Crippen LogP contribution is -2.51. The average Bonchev–Trinajstić information content (AvgIpc) is 3.50. The van der Waals surface area contributed by atoms with Gasteiger partial charge in [0.1, 0.15) is 18.5 Å². The molecule has 0 radical (unpaired) electrons. The van der Waals surface area contributed by atoms with Crippen molar-refractivity contribution in [3.63, 3.8) is 0 Å². The summed E-state index contributed by atoms with van der Waals surface area (Å²) in [5, 5.41) is 14.3. The van der Waals surface area contributed by atoms with E-state index in [2.05, 4.69) is 20.7 Å². The van der Waals surface area contributed by atoms with Crippen LogP contribution in [0, 0.1) is 11.8 Å². The van der Waals surface area contributed by atoms with Crippen LogP contribution < -0.4 is 15.5 Å². The minimum Gasteiger partial charge on any atom is -0.462 e. The summed E-state index contributed by atoms with van der Waals surface area (Å²) in [4.78, 5) is 47.6. The normalized spacial score (nSPS) is 19.3. The van der Waals surface area contributed by atoms with Crippen LogP contribution in [0.25, 0.3) is 0 Å². The maximum absolute atomic E-state index is 13.4. The van der Waals surface area contributed by atoms with Crippen LogP contribution in [-0.2, 0) is 14.4 Å². The fourth-order valence-corrected chi connectivity index (χ4v) is 4.42. The number of aromatic nitrogens is 2. The van der Waals surface area contributed by atoms with Gasteiger partial charge in [-0.2, -0.15) is 4.98 Å². The van der Waals surface area contributed by atoms with E-state index in [-0.39, 0.29) is 30.2 Å². The van der Waals surface area contributed by atoms with Gasteiger partial charge in [-0.25, -0.2) is 15.5 Å². The van der Waals surface area contributed by atoms with Crippen LogP contribution in [0.3, 0.4) is 0 Å². The van der Waals surface area contributed by atoms with E-state index in [0.29, 0.717) is 49.9 Å². The molecule has 1 saturated heterocycles. The molecular formula is C22H35N7O5. The molecule has 1 aromatic rings. The van der Waals surface area contributed by atoms with Gasteiger partial charge < -0.3 is 15.0 Å². The van der Waals surface area contributed by atoms with Gasteiger partial charge in [-0.15, -0.1) is 0 Å². The molecular weight excluding hydrogens is 442 g/mol. The van der Waals surface area contributed by atoms with Crippen LogP contribution in [0.2, 0.25) is 0 Å². The summed E-state index contributed by atoms with van der Waals surface area (Å²) < 4.78 is 5.52. The molecule has 1 unspecified atom stereocenters. The van der Waals surface area contributed by atoms with E-state index in [4.69, 9.17) is 4.74 Å². The quantitative estimate of drug-likeness (QED) is 0.223. The number of hydrogen-bond donors (Lipinski definition) is 3. The van der Waals surface area contributed by atoms with E-state index >= 15 is 0 Å². The Bertz CT molecular complexity index is 834. The van der Waals surface area contributed by atoms with Gasteiger partial charge in [0, 0.05) is 19.3 Å². The number of carbonyl (C=O) groups excluding carboxylic acids is 3. The van der Waals surface area contributed by atoms with Crippen molar-refractivity contribution in [1.29, 1.82) is 0 Å². The average molecular weight is 478 g/mol. The molecule has 2 aliphatic rings. The molecule has 1 aliphatic carbocycles. The number of hydroxylamine groups is 2. The van der Waals surface area contributed by atoms with Crippen molar-refractivity contribution in [3.8, 4) is 6.01 Å². The number of likely N-dealkylation sites (N-methyl/N-ethyl adjacent to an activating group) is 1. The highest BCUT2D eigenvalue weighted by Gasteiger charge is 2.39. The van der Waals surface area contributed by atoms with Gasteiger partial charge in [0.05, 0.1) is 12.5 Å². The molecule has 3 amide bonds. The summed E-state index contributed by atoms with van der Waals surface area (Å²) in [6, 6.07) is 0.975. The summed E-state index contributed by atoms with van der Waals surface area (Å²) in [5.41, 5.74) is 2.99. The molecule has 2 heterocycles. The van der Waals surface area contributed by atoms with E-state index in [1.54, 1.807) is 6.07 Å². The number of anilines is 1. The van der Waals surface area contributed by atoms with Crippen molar-refractivity contribution >= 4 is 24.0 Å². The Kier molecular flexibility index (Phi) is 9.54. The lowest BCUT2D eigenvalue weighted by Gasteiger charge is -2.29. The summed E-state index contributed by atoms with van der Waals surface area (Å²) in [6.45, 7) is 1.45. The monoisotopic (exact) mass is 477 g/mol. The van der Waals surface area contributed by atoms with Crippen molar-refractivity contribution in [2.45, 2.75) is 44.6 Å². The molecule has 0 spiro atoms. The maximum Gasteiger partial charge on any atom is 0.318 e. The van der Waals surface area contributed by atoms with Crippen molar-refractivity contribution in [2.24, 2.45) is 11.8 Å². The molecule has 1 saturated carbocycles. The Hall–Kier alpha value is -2.83. The van der Waals surface area contributed by atoms with Crippen LogP contribution in [0.4, 0.5) is 5.82 Å². The molecule has 0 bridgehead atoms. The Morgan fingerprint density at radius 2 is 2.12 bits per heavy atom. The predicted molar refractivity (Wildman–Crippen MR) is 123 cm³/mol. The van der Waals surface area contributed by atoms with Crippen molar-refractivity contribution < 1.29 is 24.3 Å². The second kappa shape index (κ2) is 12.6. The van der Waals surface area contributed by atoms with Crippen LogP contribution in [-0.4, -0.2) is 94.8 Å². The number of nitrogens with zero attached hydrogens (tertiary/aromatic N) is 5. The number of hydrazine groups is 1. The fraction of sp³-hybridized carbons (Fsp3) is 0.682. The smallest absolute Gasteiger partial charge is 0.318 e. The van der Waals surface area contributed by atoms with Gasteiger partial charge in [0.25, 0.3) is 0 Å². The summed E-state index contributed by atoms with van der Waals surface area (Å²) in [5.74, 6) is -0.636. The maximum atomic E-state index is 13.4. The van der Waals surface area contributed by atoms with Crippen molar-refractivity contribution in [1.82, 2.24) is 30.4 Å². The molecule has 1 aromatic heterocycles. The number of rotatable bonds is 12. The third-order valence-corrected chi connectivity index (χ3v) is 6.18. The molecule has 12 heteroatoms. The first kappa shape index (κ1) is 25.8. The first-order valence-electron chi connectivity index (χ1n) is 11.8. The Morgan fingerprint density at radius 1 is 1.35 bits per heavy atom. The Morgan fingerprint density at radius 3 is 2.82 bits per heavy atom. The zero-order chi connectivity index (χ0) is 24.5. The lowest BCUT2D eigenvalue weighted by molar-refractivity contribution is -0.159. The first-order valence-corrected chi connectivity index (χ1v) is 11.8. The first-order chi connectivity index (χ1) is 16.4. The summed E-state index contributed by atoms with van der Waals surface area (Å²) >= 11 is 0. The highest BCUT2D eigenvalue weighted by atomic mass is 16.5. The molecule has 3 N–H and O–H groups in total. The molecule has 1 aliphatic heterocycles. The molecule has 2 fully saturated rings. The largest absolute Gasteiger partial charge is 0.462 e. The molecule has 0 aromatic carbocycles. The minimum atomic E-state index is -0.741. The zero-order valence-corrected chi connectivity index (χ0v) is 19.9. The number of amides is 3. The number of hydrogen-bond acceptors (Lipinski definition) is 9. The van der Waals surface area contributed by atoms with Crippen molar-refractivity contribution in [3.05, 3.63) is 12.3 Å². The number of nitrogens with one attached hydrogen (secondary N) is 2. The highest BCUT2D eigenvalue weighted by molar-refractivity contribution is 5.97. The van der Waals surface area contributed by atoms with Crippen LogP contribution in [0.15, 0.2) is 12.3 Å². The SMILES string of the molecule is CN(C)CCOc1nccc(NC(=O)[C@@H]2CCNN2C(=O)C(CC2CCCC2)CN(O)C=O)n1. The third kappa shape index (κ3) is 7.34. The molecule has 34 heavy (non-hydrogen) atoms. The van der Waals surface area contributed by atoms with Crippen molar-refractivity contribution in [2.75, 3.05) is 45.7 Å². The van der Waals surface area contributed by atoms with Gasteiger partial charge in [-0.3, -0.25) is 24.6 Å². The minimum absolute atomic E-state index is 0.106. The van der Waals surface area contributed by atoms with E-state index in [9.17, 15) is 19.6 Å². The van der Waals surface area contributed by atoms with Gasteiger partial charge >= 0.3 is 6.01 Å². The Labute approximate surface area is 199 Å².